The van der Waals surface area contributed by atoms with Crippen molar-refractivity contribution in [3.05, 3.63) is 35.9 Å². The molecule has 1 saturated heterocycles. The van der Waals surface area contributed by atoms with Crippen molar-refractivity contribution in [2.75, 3.05) is 26.2 Å². The van der Waals surface area contributed by atoms with Gasteiger partial charge in [-0.3, -0.25) is 9.59 Å². The fourth-order valence-corrected chi connectivity index (χ4v) is 2.29. The summed E-state index contributed by atoms with van der Waals surface area (Å²) in [5, 5.41) is 5.98. The van der Waals surface area contributed by atoms with Crippen LogP contribution in [0.5, 0.6) is 0 Å². The topological polar surface area (TPSA) is 61.4 Å². The van der Waals surface area contributed by atoms with E-state index in [1.807, 2.05) is 37.3 Å². The predicted molar refractivity (Wildman–Crippen MR) is 84.4 cm³/mol. The molecular weight excluding hydrogens is 290 g/mol. The quantitative estimate of drug-likeness (QED) is 0.855. The molecule has 1 aromatic carbocycles. The van der Waals surface area contributed by atoms with E-state index in [2.05, 4.69) is 10.6 Å². The normalized spacial score (nSPS) is 17.8. The van der Waals surface area contributed by atoms with Crippen LogP contribution in [0.25, 0.3) is 0 Å². The second kappa shape index (κ2) is 8.64. The number of carbonyl (C=O) groups is 2. The molecule has 1 fully saturated rings. The van der Waals surface area contributed by atoms with E-state index in [0.717, 1.165) is 12.1 Å². The first-order valence-corrected chi connectivity index (χ1v) is 6.97. The van der Waals surface area contributed by atoms with Crippen LogP contribution in [-0.2, 0) is 16.0 Å². The zero-order valence-corrected chi connectivity index (χ0v) is 13.0. The fourth-order valence-electron chi connectivity index (χ4n) is 2.29. The highest BCUT2D eigenvalue weighted by atomic mass is 35.5. The first-order valence-electron chi connectivity index (χ1n) is 6.97. The monoisotopic (exact) mass is 311 g/mol. The average Bonchev–Trinajstić information content (AvgIpc) is 2.46. The number of piperazine rings is 1. The van der Waals surface area contributed by atoms with Crippen molar-refractivity contribution in [3.63, 3.8) is 0 Å². The van der Waals surface area contributed by atoms with Crippen LogP contribution in [0.2, 0.25) is 0 Å². The van der Waals surface area contributed by atoms with E-state index in [1.165, 1.54) is 0 Å². The van der Waals surface area contributed by atoms with Crippen molar-refractivity contribution < 1.29 is 9.59 Å². The van der Waals surface area contributed by atoms with Crippen LogP contribution in [-0.4, -0.2) is 48.9 Å². The van der Waals surface area contributed by atoms with E-state index in [4.69, 9.17) is 0 Å². The van der Waals surface area contributed by atoms with Gasteiger partial charge in [0, 0.05) is 25.7 Å². The van der Waals surface area contributed by atoms with Crippen LogP contribution >= 0.6 is 12.4 Å². The number of hydrogen-bond acceptors (Lipinski definition) is 3. The summed E-state index contributed by atoms with van der Waals surface area (Å²) in [5.74, 6) is -0.132. The third-order valence-corrected chi connectivity index (χ3v) is 3.37. The first-order chi connectivity index (χ1) is 9.65. The molecule has 0 bridgehead atoms. The minimum Gasteiger partial charge on any atom is -0.347 e. The molecule has 0 aliphatic carbocycles. The van der Waals surface area contributed by atoms with E-state index in [9.17, 15) is 9.59 Å². The van der Waals surface area contributed by atoms with Gasteiger partial charge in [0.05, 0.1) is 13.0 Å². The molecule has 2 amide bonds. The minimum absolute atomic E-state index is 0. The highest BCUT2D eigenvalue weighted by Gasteiger charge is 2.20. The number of benzene rings is 1. The van der Waals surface area contributed by atoms with E-state index in [-0.39, 0.29) is 30.8 Å². The van der Waals surface area contributed by atoms with Crippen LogP contribution < -0.4 is 10.6 Å². The summed E-state index contributed by atoms with van der Waals surface area (Å²) < 4.78 is 0. The summed E-state index contributed by atoms with van der Waals surface area (Å²) in [6, 6.07) is 9.83. The lowest BCUT2D eigenvalue weighted by Gasteiger charge is -2.31. The summed E-state index contributed by atoms with van der Waals surface area (Å²) in [7, 11) is 0. The average molecular weight is 312 g/mol. The molecule has 1 atom stereocenters. The molecule has 5 nitrogen and oxygen atoms in total. The largest absolute Gasteiger partial charge is 0.347 e. The maximum atomic E-state index is 12.0. The van der Waals surface area contributed by atoms with Gasteiger partial charge in [0.15, 0.2) is 0 Å². The van der Waals surface area contributed by atoms with Gasteiger partial charge in [-0.1, -0.05) is 30.3 Å². The summed E-state index contributed by atoms with van der Waals surface area (Å²) in [6.07, 6.45) is 0.312. The molecule has 0 radical (unpaired) electrons. The fraction of sp³-hybridized carbons (Fsp3) is 0.467. The van der Waals surface area contributed by atoms with Crippen molar-refractivity contribution >= 4 is 24.2 Å². The van der Waals surface area contributed by atoms with Gasteiger partial charge in [0.25, 0.3) is 0 Å². The Hall–Kier alpha value is -1.59. The third-order valence-electron chi connectivity index (χ3n) is 3.37. The van der Waals surface area contributed by atoms with Gasteiger partial charge < -0.3 is 15.5 Å². The lowest BCUT2D eigenvalue weighted by Crippen LogP contribution is -2.53. The molecule has 21 heavy (non-hydrogen) atoms. The highest BCUT2D eigenvalue weighted by molar-refractivity contribution is 5.86. The molecular formula is C15H22ClN3O2. The molecule has 1 aliphatic heterocycles. The van der Waals surface area contributed by atoms with Crippen LogP contribution in [0.15, 0.2) is 30.3 Å². The zero-order chi connectivity index (χ0) is 14.4. The number of amides is 2. The lowest BCUT2D eigenvalue weighted by molar-refractivity contribution is -0.133. The smallest absolute Gasteiger partial charge is 0.242 e. The van der Waals surface area contributed by atoms with Crippen molar-refractivity contribution in [2.24, 2.45) is 0 Å². The number of hydrogen-bond donors (Lipinski definition) is 2. The van der Waals surface area contributed by atoms with Crippen LogP contribution in [0.4, 0.5) is 0 Å². The van der Waals surface area contributed by atoms with Crippen LogP contribution in [0, 0.1) is 0 Å². The van der Waals surface area contributed by atoms with Crippen molar-refractivity contribution in [1.29, 1.82) is 0 Å². The maximum absolute atomic E-state index is 12.0. The number of rotatable bonds is 4. The molecule has 0 spiro atoms. The number of nitrogens with one attached hydrogen (secondary N) is 2. The molecule has 0 saturated carbocycles. The maximum Gasteiger partial charge on any atom is 0.242 e. The molecule has 1 aromatic rings. The molecule has 6 heteroatoms. The van der Waals surface area contributed by atoms with Crippen molar-refractivity contribution in [2.45, 2.75) is 19.4 Å². The van der Waals surface area contributed by atoms with E-state index in [0.29, 0.717) is 25.6 Å². The Balaban J connectivity index is 0.00000220. The summed E-state index contributed by atoms with van der Waals surface area (Å²) in [4.78, 5) is 25.5. The second-order valence-corrected chi connectivity index (χ2v) is 5.13. The second-order valence-electron chi connectivity index (χ2n) is 5.13. The zero-order valence-electron chi connectivity index (χ0n) is 12.2. The van der Waals surface area contributed by atoms with Gasteiger partial charge in [0.1, 0.15) is 0 Å². The highest BCUT2D eigenvalue weighted by Crippen LogP contribution is 2.00. The Bertz CT molecular complexity index is 467. The molecule has 2 rings (SSSR count). The van der Waals surface area contributed by atoms with Crippen molar-refractivity contribution in [1.82, 2.24) is 15.5 Å². The third kappa shape index (κ3) is 5.73. The van der Waals surface area contributed by atoms with Gasteiger partial charge in [-0.15, -0.1) is 12.4 Å². The van der Waals surface area contributed by atoms with Crippen molar-refractivity contribution in [3.8, 4) is 0 Å². The number of halogens is 1. The van der Waals surface area contributed by atoms with Gasteiger partial charge in [-0.25, -0.2) is 0 Å². The van der Waals surface area contributed by atoms with Gasteiger partial charge in [-0.05, 0) is 12.5 Å². The molecule has 1 heterocycles. The van der Waals surface area contributed by atoms with Crippen LogP contribution in [0.1, 0.15) is 12.5 Å². The molecule has 1 unspecified atom stereocenters. The Morgan fingerprint density at radius 2 is 2.05 bits per heavy atom. The van der Waals surface area contributed by atoms with E-state index < -0.39 is 0 Å². The predicted octanol–water partition coefficient (Wildman–Crippen LogP) is 0.587. The van der Waals surface area contributed by atoms with Gasteiger partial charge in [0.2, 0.25) is 11.8 Å². The Labute approximate surface area is 131 Å². The van der Waals surface area contributed by atoms with Crippen LogP contribution in [0.3, 0.4) is 0 Å². The molecule has 116 valence electrons. The van der Waals surface area contributed by atoms with Gasteiger partial charge in [-0.2, -0.15) is 0 Å². The van der Waals surface area contributed by atoms with Gasteiger partial charge >= 0.3 is 0 Å². The summed E-state index contributed by atoms with van der Waals surface area (Å²) in [5.41, 5.74) is 0.952. The lowest BCUT2D eigenvalue weighted by atomic mass is 10.1. The summed E-state index contributed by atoms with van der Waals surface area (Å²) >= 11 is 0. The Morgan fingerprint density at radius 1 is 1.33 bits per heavy atom. The molecule has 1 aliphatic rings. The standard InChI is InChI=1S/C15H21N3O2.ClH/c1-12-11-18(8-7-16-12)15(20)10-17-14(19)9-13-5-3-2-4-6-13;/h2-6,12,16H,7-11H2,1H3,(H,17,19);1H. The SMILES string of the molecule is CC1CN(C(=O)CNC(=O)Cc2ccccc2)CCN1.Cl. The number of carbonyl (C=O) groups excluding carboxylic acids is 2. The van der Waals surface area contributed by atoms with E-state index >= 15 is 0 Å². The molecule has 0 aromatic heterocycles. The first kappa shape index (κ1) is 17.5. The molecule has 2 N–H and O–H groups in total. The minimum atomic E-state index is -0.118. The van der Waals surface area contributed by atoms with E-state index in [1.54, 1.807) is 4.90 Å². The Morgan fingerprint density at radius 3 is 2.71 bits per heavy atom. The summed E-state index contributed by atoms with van der Waals surface area (Å²) in [6.45, 7) is 4.35. The Kier molecular flexibility index (Phi) is 7.19. The number of nitrogens with zero attached hydrogens (tertiary/aromatic N) is 1.